The smallest absolute Gasteiger partial charge is 0.291 e. The molecule has 2 amide bonds. The van der Waals surface area contributed by atoms with Gasteiger partial charge in [0.1, 0.15) is 11.3 Å². The predicted molar refractivity (Wildman–Crippen MR) is 158 cm³/mol. The van der Waals surface area contributed by atoms with Gasteiger partial charge in [-0.15, -0.1) is 0 Å². The van der Waals surface area contributed by atoms with Crippen LogP contribution in [-0.2, 0) is 14.8 Å². The fraction of sp³-hybridized carbons (Fsp3) is 0.333. The molecule has 2 saturated heterocycles. The Balaban J connectivity index is 1.14. The number of sulfonamides is 1. The van der Waals surface area contributed by atoms with Crippen LogP contribution < -0.4 is 10.2 Å². The zero-order valence-electron chi connectivity index (χ0n) is 23.3. The molecule has 2 aliphatic rings. The Bertz CT molecular complexity index is 1690. The lowest BCUT2D eigenvalue weighted by Crippen LogP contribution is -2.49. The van der Waals surface area contributed by atoms with Crippen LogP contribution in [0.2, 0.25) is 0 Å². The van der Waals surface area contributed by atoms with Crippen molar-refractivity contribution in [3.63, 3.8) is 0 Å². The minimum atomic E-state index is -3.63. The Labute approximate surface area is 244 Å². The van der Waals surface area contributed by atoms with Gasteiger partial charge in [0.15, 0.2) is 0 Å². The van der Waals surface area contributed by atoms with Gasteiger partial charge in [-0.1, -0.05) is 29.8 Å². The van der Waals surface area contributed by atoms with Crippen molar-refractivity contribution in [1.29, 1.82) is 0 Å². The SMILES string of the molecule is Cc1ccc(S(=O)(=O)N2CCC(C(=O)Nc3c(C(=O)N4CCN(c5ncccn5)CC4)oc4ccccc34)CC2)cc1. The number of aryl methyl sites for hydroxylation is 1. The van der Waals surface area contributed by atoms with Crippen LogP contribution in [0, 0.1) is 12.8 Å². The molecule has 12 heteroatoms. The lowest BCUT2D eigenvalue weighted by molar-refractivity contribution is -0.120. The maximum absolute atomic E-state index is 13.7. The minimum absolute atomic E-state index is 0.0911. The number of benzene rings is 2. The second-order valence-electron chi connectivity index (χ2n) is 10.6. The van der Waals surface area contributed by atoms with E-state index in [9.17, 15) is 18.0 Å². The number of piperazine rings is 1. The Morgan fingerprint density at radius 3 is 2.24 bits per heavy atom. The number of carbonyl (C=O) groups is 2. The molecule has 218 valence electrons. The van der Waals surface area contributed by atoms with Gasteiger partial charge in [-0.05, 0) is 50.1 Å². The van der Waals surface area contributed by atoms with Crippen LogP contribution in [-0.4, -0.2) is 78.7 Å². The highest BCUT2D eigenvalue weighted by Gasteiger charge is 2.34. The number of hydrogen-bond donors (Lipinski definition) is 1. The van der Waals surface area contributed by atoms with E-state index in [2.05, 4.69) is 15.3 Å². The van der Waals surface area contributed by atoms with E-state index in [1.54, 1.807) is 53.7 Å². The number of amides is 2. The van der Waals surface area contributed by atoms with E-state index in [-0.39, 0.29) is 35.6 Å². The zero-order chi connectivity index (χ0) is 29.3. The number of rotatable bonds is 6. The standard InChI is InChI=1S/C30H32N6O5S/c1-21-7-9-23(10-8-21)42(39,40)36-15-11-22(12-16-36)28(37)33-26-24-5-2-3-6-25(24)41-27(26)29(38)34-17-19-35(20-18-34)30-31-13-4-14-32-30/h2-10,13-14,22H,11-12,15-20H2,1H3,(H,33,37). The second kappa shape index (κ2) is 11.5. The number of anilines is 2. The molecule has 1 N–H and O–H groups in total. The second-order valence-corrected chi connectivity index (χ2v) is 12.5. The van der Waals surface area contributed by atoms with Crippen LogP contribution in [0.15, 0.2) is 76.3 Å². The number of nitrogens with one attached hydrogen (secondary N) is 1. The third-order valence-electron chi connectivity index (χ3n) is 7.92. The third-order valence-corrected chi connectivity index (χ3v) is 9.84. The molecule has 0 bridgehead atoms. The van der Waals surface area contributed by atoms with E-state index in [1.807, 2.05) is 30.0 Å². The Hall–Kier alpha value is -4.29. The summed E-state index contributed by atoms with van der Waals surface area (Å²) in [7, 11) is -3.63. The first-order valence-electron chi connectivity index (χ1n) is 14.0. The topological polar surface area (TPSA) is 129 Å². The van der Waals surface area contributed by atoms with Crippen molar-refractivity contribution in [2.45, 2.75) is 24.7 Å². The van der Waals surface area contributed by atoms with Gasteiger partial charge in [0.05, 0.1) is 4.90 Å². The predicted octanol–water partition coefficient (Wildman–Crippen LogP) is 3.53. The van der Waals surface area contributed by atoms with Crippen LogP contribution in [0.5, 0.6) is 0 Å². The van der Waals surface area contributed by atoms with E-state index >= 15 is 0 Å². The molecule has 4 aromatic rings. The number of fused-ring (bicyclic) bond motifs is 1. The molecule has 0 spiro atoms. The van der Waals surface area contributed by atoms with Crippen molar-refractivity contribution in [2.24, 2.45) is 5.92 Å². The maximum Gasteiger partial charge on any atom is 0.291 e. The molecule has 0 saturated carbocycles. The van der Waals surface area contributed by atoms with E-state index in [0.717, 1.165) is 5.56 Å². The normalized spacial score (nSPS) is 17.0. The number of carbonyl (C=O) groups excluding carboxylic acids is 2. The van der Waals surface area contributed by atoms with Gasteiger partial charge < -0.3 is 19.5 Å². The number of para-hydroxylation sites is 1. The molecular formula is C30H32N6O5S. The van der Waals surface area contributed by atoms with Crippen molar-refractivity contribution in [1.82, 2.24) is 19.2 Å². The summed E-state index contributed by atoms with van der Waals surface area (Å²) in [6.07, 6.45) is 4.13. The summed E-state index contributed by atoms with van der Waals surface area (Å²) >= 11 is 0. The number of furan rings is 1. The van der Waals surface area contributed by atoms with Crippen LogP contribution >= 0.6 is 0 Å². The summed E-state index contributed by atoms with van der Waals surface area (Å²) in [6.45, 7) is 4.43. The molecular weight excluding hydrogens is 556 g/mol. The number of hydrogen-bond acceptors (Lipinski definition) is 8. The van der Waals surface area contributed by atoms with Gasteiger partial charge in [0.25, 0.3) is 5.91 Å². The maximum atomic E-state index is 13.7. The van der Waals surface area contributed by atoms with E-state index < -0.39 is 15.9 Å². The Morgan fingerprint density at radius 1 is 0.881 bits per heavy atom. The van der Waals surface area contributed by atoms with E-state index in [4.69, 9.17) is 4.42 Å². The molecule has 4 heterocycles. The van der Waals surface area contributed by atoms with Gasteiger partial charge in [-0.2, -0.15) is 4.31 Å². The molecule has 11 nitrogen and oxygen atoms in total. The van der Waals surface area contributed by atoms with Crippen LogP contribution in [0.25, 0.3) is 11.0 Å². The average Bonchev–Trinajstić information content (AvgIpc) is 3.39. The summed E-state index contributed by atoms with van der Waals surface area (Å²) in [6, 6.07) is 15.8. The molecule has 2 aromatic carbocycles. The molecule has 6 rings (SSSR count). The van der Waals surface area contributed by atoms with Gasteiger partial charge >= 0.3 is 0 Å². The minimum Gasteiger partial charge on any atom is -0.449 e. The summed E-state index contributed by atoms with van der Waals surface area (Å²) in [4.78, 5) is 39.7. The molecule has 2 aliphatic heterocycles. The molecule has 0 aliphatic carbocycles. The average molecular weight is 589 g/mol. The first-order chi connectivity index (χ1) is 20.3. The highest BCUT2D eigenvalue weighted by Crippen LogP contribution is 2.33. The van der Waals surface area contributed by atoms with E-state index in [0.29, 0.717) is 61.6 Å². The van der Waals surface area contributed by atoms with Gasteiger partial charge in [0, 0.05) is 63.0 Å². The lowest BCUT2D eigenvalue weighted by atomic mass is 9.97. The molecule has 0 atom stereocenters. The molecule has 0 radical (unpaired) electrons. The molecule has 42 heavy (non-hydrogen) atoms. The van der Waals surface area contributed by atoms with Crippen molar-refractivity contribution >= 4 is 44.4 Å². The lowest BCUT2D eigenvalue weighted by Gasteiger charge is -2.34. The highest BCUT2D eigenvalue weighted by molar-refractivity contribution is 7.89. The van der Waals surface area contributed by atoms with E-state index in [1.165, 1.54) is 4.31 Å². The number of nitrogens with zero attached hydrogens (tertiary/aromatic N) is 5. The summed E-state index contributed by atoms with van der Waals surface area (Å²) in [5.41, 5.74) is 1.84. The van der Waals surface area contributed by atoms with Crippen LogP contribution in [0.3, 0.4) is 0 Å². The zero-order valence-corrected chi connectivity index (χ0v) is 24.1. The Kier molecular flexibility index (Phi) is 7.65. The molecule has 0 unspecified atom stereocenters. The number of piperidine rings is 1. The molecule has 2 aromatic heterocycles. The van der Waals surface area contributed by atoms with Gasteiger partial charge in [-0.25, -0.2) is 18.4 Å². The molecule has 2 fully saturated rings. The highest BCUT2D eigenvalue weighted by atomic mass is 32.2. The van der Waals surface area contributed by atoms with Crippen molar-refractivity contribution in [3.05, 3.63) is 78.3 Å². The third kappa shape index (κ3) is 5.47. The fourth-order valence-corrected chi connectivity index (χ4v) is 6.94. The summed E-state index contributed by atoms with van der Waals surface area (Å²) in [5, 5.41) is 3.61. The monoisotopic (exact) mass is 588 g/mol. The first-order valence-corrected chi connectivity index (χ1v) is 15.5. The van der Waals surface area contributed by atoms with Crippen molar-refractivity contribution < 1.29 is 22.4 Å². The van der Waals surface area contributed by atoms with Gasteiger partial charge in [-0.3, -0.25) is 9.59 Å². The van der Waals surface area contributed by atoms with Crippen LogP contribution in [0.4, 0.5) is 11.6 Å². The first kappa shape index (κ1) is 27.9. The van der Waals surface area contributed by atoms with Crippen LogP contribution in [0.1, 0.15) is 29.0 Å². The largest absolute Gasteiger partial charge is 0.449 e. The number of aromatic nitrogens is 2. The van der Waals surface area contributed by atoms with Crippen molar-refractivity contribution in [3.8, 4) is 0 Å². The summed E-state index contributed by atoms with van der Waals surface area (Å²) < 4.78 is 33.7. The summed E-state index contributed by atoms with van der Waals surface area (Å²) in [5.74, 6) is -0.240. The Morgan fingerprint density at radius 2 is 1.55 bits per heavy atom. The fourth-order valence-electron chi connectivity index (χ4n) is 5.47. The van der Waals surface area contributed by atoms with Crippen molar-refractivity contribution in [2.75, 3.05) is 49.5 Å². The quantitative estimate of drug-likeness (QED) is 0.362. The van der Waals surface area contributed by atoms with Gasteiger partial charge in [0.2, 0.25) is 27.6 Å².